The van der Waals surface area contributed by atoms with E-state index in [2.05, 4.69) is 9.80 Å². The molecule has 0 aromatic heterocycles. The van der Waals surface area contributed by atoms with Gasteiger partial charge in [0.1, 0.15) is 0 Å². The number of benzene rings is 1. The van der Waals surface area contributed by atoms with Gasteiger partial charge in [-0.25, -0.2) is 0 Å². The van der Waals surface area contributed by atoms with Crippen LogP contribution in [0.2, 0.25) is 0 Å². The lowest BCUT2D eigenvalue weighted by Gasteiger charge is -2.49. The summed E-state index contributed by atoms with van der Waals surface area (Å²) >= 11 is 0. The monoisotopic (exact) mass is 359 g/mol. The van der Waals surface area contributed by atoms with Gasteiger partial charge in [0.2, 0.25) is 0 Å². The molecule has 3 aliphatic rings. The molecule has 0 spiro atoms. The van der Waals surface area contributed by atoms with Crippen molar-refractivity contribution in [2.24, 2.45) is 5.92 Å². The Balaban J connectivity index is 1.57. The van der Waals surface area contributed by atoms with Gasteiger partial charge in [0.25, 0.3) is 0 Å². The second kappa shape index (κ2) is 7.53. The summed E-state index contributed by atoms with van der Waals surface area (Å²) in [4.78, 5) is 15.9. The topological polar surface area (TPSA) is 69.9 Å². The number of piperazine rings is 1. The Kier molecular flexibility index (Phi) is 5.14. The van der Waals surface area contributed by atoms with Crippen LogP contribution in [0.25, 0.3) is 0 Å². The van der Waals surface area contributed by atoms with Crippen LogP contribution in [0.5, 0.6) is 5.75 Å². The van der Waals surface area contributed by atoms with Gasteiger partial charge in [-0.1, -0.05) is 25.3 Å². The van der Waals surface area contributed by atoms with Crippen molar-refractivity contribution in [3.05, 3.63) is 33.9 Å². The fourth-order valence-corrected chi connectivity index (χ4v) is 5.49. The van der Waals surface area contributed by atoms with Gasteiger partial charge in [0.15, 0.2) is 5.75 Å². The standard InChI is InChI=1S/C20H29N3O3/c24-19-9-8-15(13-18(19)23(25)26)14-22-12-11-21-10-4-7-17(21)20(22)16-5-2-1-3-6-16/h8-9,13,16-17,20,24H,1-7,10-12,14H2/t17-,20-/m1/s1. The molecule has 26 heavy (non-hydrogen) atoms. The number of phenols is 1. The van der Waals surface area contributed by atoms with E-state index >= 15 is 0 Å². The van der Waals surface area contributed by atoms with Crippen LogP contribution in [-0.4, -0.2) is 51.5 Å². The minimum absolute atomic E-state index is 0.184. The molecule has 0 bridgehead atoms. The molecule has 6 nitrogen and oxygen atoms in total. The zero-order chi connectivity index (χ0) is 18.1. The second-order valence-corrected chi connectivity index (χ2v) is 8.18. The zero-order valence-electron chi connectivity index (χ0n) is 15.3. The fourth-order valence-electron chi connectivity index (χ4n) is 5.49. The van der Waals surface area contributed by atoms with Crippen LogP contribution in [0, 0.1) is 16.0 Å². The molecule has 1 N–H and O–H groups in total. The van der Waals surface area contributed by atoms with Crippen molar-refractivity contribution in [3.63, 3.8) is 0 Å². The number of nitro benzene ring substituents is 1. The molecule has 0 radical (unpaired) electrons. The van der Waals surface area contributed by atoms with Crippen LogP contribution in [0.1, 0.15) is 50.5 Å². The predicted molar refractivity (Wildman–Crippen MR) is 100 cm³/mol. The Hall–Kier alpha value is -1.66. The van der Waals surface area contributed by atoms with E-state index in [1.165, 1.54) is 57.6 Å². The number of nitrogens with zero attached hydrogens (tertiary/aromatic N) is 3. The van der Waals surface area contributed by atoms with E-state index in [1.807, 2.05) is 6.07 Å². The molecule has 1 aliphatic carbocycles. The van der Waals surface area contributed by atoms with Crippen molar-refractivity contribution in [2.45, 2.75) is 63.6 Å². The highest BCUT2D eigenvalue weighted by atomic mass is 16.6. The SMILES string of the molecule is O=[N+]([O-])c1cc(CN2CCN3CCC[C@@H]3[C@H]2C2CCCCC2)ccc1O. The molecular weight excluding hydrogens is 330 g/mol. The minimum atomic E-state index is -0.494. The molecule has 6 heteroatoms. The third kappa shape index (κ3) is 3.45. The maximum Gasteiger partial charge on any atom is 0.311 e. The van der Waals surface area contributed by atoms with Crippen LogP contribution in [0.15, 0.2) is 18.2 Å². The number of aromatic hydroxyl groups is 1. The average molecular weight is 359 g/mol. The van der Waals surface area contributed by atoms with Gasteiger partial charge in [0.05, 0.1) is 4.92 Å². The van der Waals surface area contributed by atoms with E-state index in [0.717, 1.165) is 31.1 Å². The maximum absolute atomic E-state index is 11.2. The normalized spacial score (nSPS) is 28.2. The highest BCUT2D eigenvalue weighted by Gasteiger charge is 2.42. The van der Waals surface area contributed by atoms with Gasteiger partial charge in [-0.15, -0.1) is 0 Å². The summed E-state index contributed by atoms with van der Waals surface area (Å²) in [5.74, 6) is 0.505. The van der Waals surface area contributed by atoms with Gasteiger partial charge in [0, 0.05) is 37.8 Å². The van der Waals surface area contributed by atoms with Gasteiger partial charge in [-0.3, -0.25) is 19.9 Å². The number of phenolic OH excluding ortho intramolecular Hbond substituents is 1. The molecule has 0 unspecified atom stereocenters. The summed E-state index contributed by atoms with van der Waals surface area (Å²) < 4.78 is 0. The molecule has 4 rings (SSSR count). The van der Waals surface area contributed by atoms with Crippen molar-refractivity contribution in [2.75, 3.05) is 19.6 Å². The van der Waals surface area contributed by atoms with Crippen LogP contribution >= 0.6 is 0 Å². The Morgan fingerprint density at radius 1 is 1.08 bits per heavy atom. The summed E-state index contributed by atoms with van der Waals surface area (Å²) in [6, 6.07) is 6.07. The summed E-state index contributed by atoms with van der Waals surface area (Å²) in [5, 5.41) is 20.9. The highest BCUT2D eigenvalue weighted by molar-refractivity contribution is 5.47. The smallest absolute Gasteiger partial charge is 0.311 e. The van der Waals surface area contributed by atoms with E-state index in [4.69, 9.17) is 0 Å². The number of nitro groups is 1. The van der Waals surface area contributed by atoms with E-state index in [9.17, 15) is 15.2 Å². The summed E-state index contributed by atoms with van der Waals surface area (Å²) in [7, 11) is 0. The van der Waals surface area contributed by atoms with E-state index in [-0.39, 0.29) is 11.4 Å². The first-order valence-electron chi connectivity index (χ1n) is 10.1. The van der Waals surface area contributed by atoms with Crippen molar-refractivity contribution in [1.82, 2.24) is 9.80 Å². The quantitative estimate of drug-likeness (QED) is 0.658. The Labute approximate surface area is 154 Å². The summed E-state index contributed by atoms with van der Waals surface area (Å²) in [6.45, 7) is 4.11. The first-order valence-corrected chi connectivity index (χ1v) is 10.1. The molecule has 2 atom stereocenters. The Bertz CT molecular complexity index is 660. The lowest BCUT2D eigenvalue weighted by atomic mass is 9.78. The molecule has 2 aliphatic heterocycles. The largest absolute Gasteiger partial charge is 0.502 e. The third-order valence-corrected chi connectivity index (χ3v) is 6.66. The third-order valence-electron chi connectivity index (χ3n) is 6.66. The molecule has 3 fully saturated rings. The molecule has 2 saturated heterocycles. The lowest BCUT2D eigenvalue weighted by molar-refractivity contribution is -0.385. The van der Waals surface area contributed by atoms with Crippen LogP contribution in [0.4, 0.5) is 5.69 Å². The fraction of sp³-hybridized carbons (Fsp3) is 0.700. The summed E-state index contributed by atoms with van der Waals surface area (Å²) in [5.41, 5.74) is 0.748. The van der Waals surface area contributed by atoms with Gasteiger partial charge < -0.3 is 5.11 Å². The van der Waals surface area contributed by atoms with E-state index in [0.29, 0.717) is 12.1 Å². The van der Waals surface area contributed by atoms with E-state index < -0.39 is 4.92 Å². The van der Waals surface area contributed by atoms with Gasteiger partial charge in [-0.05, 0) is 49.8 Å². The molecule has 1 saturated carbocycles. The first kappa shape index (κ1) is 17.7. The molecule has 1 aromatic carbocycles. The van der Waals surface area contributed by atoms with Crippen molar-refractivity contribution >= 4 is 5.69 Å². The van der Waals surface area contributed by atoms with Crippen LogP contribution in [-0.2, 0) is 6.54 Å². The van der Waals surface area contributed by atoms with Gasteiger partial charge in [-0.2, -0.15) is 0 Å². The lowest BCUT2D eigenvalue weighted by Crippen LogP contribution is -2.59. The zero-order valence-corrected chi connectivity index (χ0v) is 15.3. The molecule has 2 heterocycles. The maximum atomic E-state index is 11.2. The highest BCUT2D eigenvalue weighted by Crippen LogP contribution is 2.38. The minimum Gasteiger partial charge on any atom is -0.502 e. The van der Waals surface area contributed by atoms with Crippen molar-refractivity contribution < 1.29 is 10.0 Å². The Morgan fingerprint density at radius 2 is 1.88 bits per heavy atom. The molecule has 1 aromatic rings. The predicted octanol–water partition coefficient (Wildman–Crippen LogP) is 3.53. The first-order chi connectivity index (χ1) is 12.6. The molecule has 0 amide bonds. The van der Waals surface area contributed by atoms with Crippen molar-refractivity contribution in [1.29, 1.82) is 0 Å². The van der Waals surface area contributed by atoms with Gasteiger partial charge >= 0.3 is 5.69 Å². The number of fused-ring (bicyclic) bond motifs is 1. The average Bonchev–Trinajstić information content (AvgIpc) is 3.12. The van der Waals surface area contributed by atoms with Crippen molar-refractivity contribution in [3.8, 4) is 5.75 Å². The number of hydrogen-bond acceptors (Lipinski definition) is 5. The second-order valence-electron chi connectivity index (χ2n) is 8.18. The van der Waals surface area contributed by atoms with Crippen LogP contribution in [0.3, 0.4) is 0 Å². The molecule has 142 valence electrons. The van der Waals surface area contributed by atoms with E-state index in [1.54, 1.807) is 6.07 Å². The Morgan fingerprint density at radius 3 is 2.65 bits per heavy atom. The number of hydrogen-bond donors (Lipinski definition) is 1. The summed E-state index contributed by atoms with van der Waals surface area (Å²) in [6.07, 6.45) is 9.27. The van der Waals surface area contributed by atoms with Crippen LogP contribution < -0.4 is 0 Å². The molecular formula is C20H29N3O3. The number of rotatable bonds is 4.